The molecule has 1 aromatic carbocycles. The Morgan fingerprint density at radius 2 is 1.74 bits per heavy atom. The Kier molecular flexibility index (Phi) is 9.50. The van der Waals surface area contributed by atoms with Crippen molar-refractivity contribution >= 4 is 40.6 Å². The van der Waals surface area contributed by atoms with E-state index in [1.165, 1.54) is 18.3 Å². The minimum atomic E-state index is -0.980. The zero-order valence-corrected chi connectivity index (χ0v) is 19.2. The lowest BCUT2D eigenvalue weighted by Crippen LogP contribution is -2.45. The number of esters is 2. The molecule has 0 fully saturated rings. The predicted octanol–water partition coefficient (Wildman–Crippen LogP) is 2.85. The maximum atomic E-state index is 12.5. The van der Waals surface area contributed by atoms with E-state index in [1.54, 1.807) is 13.8 Å². The summed E-state index contributed by atoms with van der Waals surface area (Å²) in [6, 6.07) is 10.6. The second-order valence-corrected chi connectivity index (χ2v) is 7.41. The van der Waals surface area contributed by atoms with Crippen LogP contribution in [0, 0.1) is 5.92 Å². The number of nitrogens with one attached hydrogen (secondary N) is 1. The Morgan fingerprint density at radius 1 is 1.03 bits per heavy atom. The van der Waals surface area contributed by atoms with Crippen molar-refractivity contribution in [1.82, 2.24) is 9.88 Å². The summed E-state index contributed by atoms with van der Waals surface area (Å²) >= 11 is 1.88. The molecule has 0 spiro atoms. The second-order valence-electron chi connectivity index (χ2n) is 6.79. The third-order valence-corrected chi connectivity index (χ3v) is 4.47. The summed E-state index contributed by atoms with van der Waals surface area (Å²) in [5.74, 6) is -1.63. The minimum Gasteiger partial charge on any atom is -0.451 e. The van der Waals surface area contributed by atoms with Gasteiger partial charge in [-0.15, -0.1) is 0 Å². The van der Waals surface area contributed by atoms with Gasteiger partial charge in [0, 0.05) is 12.3 Å². The molecule has 0 saturated carbocycles. The maximum absolute atomic E-state index is 12.5. The van der Waals surface area contributed by atoms with Gasteiger partial charge in [0.25, 0.3) is 5.56 Å². The SMILES string of the molecule is CC(C)[C@H](NC(=O)OCc1ccccc1)C(=O)OCn1cc(C(=O)OCI)ccc1=O. The number of rotatable bonds is 9. The fourth-order valence-corrected chi connectivity index (χ4v) is 2.78. The predicted molar refractivity (Wildman–Crippen MR) is 119 cm³/mol. The Labute approximate surface area is 192 Å². The van der Waals surface area contributed by atoms with E-state index in [0.717, 1.165) is 10.1 Å². The van der Waals surface area contributed by atoms with Crippen molar-refractivity contribution < 1.29 is 28.6 Å². The quantitative estimate of drug-likeness (QED) is 0.225. The highest BCUT2D eigenvalue weighted by Gasteiger charge is 2.26. The lowest BCUT2D eigenvalue weighted by atomic mass is 10.1. The number of hydrogen-bond donors (Lipinski definition) is 1. The zero-order chi connectivity index (χ0) is 22.8. The average Bonchev–Trinajstić information content (AvgIpc) is 2.76. The summed E-state index contributed by atoms with van der Waals surface area (Å²) in [5.41, 5.74) is 0.493. The van der Waals surface area contributed by atoms with Crippen molar-refractivity contribution in [3.63, 3.8) is 0 Å². The number of carbonyl (C=O) groups excluding carboxylic acids is 3. The van der Waals surface area contributed by atoms with Gasteiger partial charge in [-0.3, -0.25) is 9.36 Å². The standard InChI is InChI=1S/C21H23IN2O7/c1-14(2)18(23-21(28)29-11-15-6-4-3-5-7-15)20(27)31-13-24-10-16(8-9-17(24)25)19(26)30-12-22/h3-10,14,18H,11-13H2,1-2H3,(H,23,28)/t18-/m0/s1. The van der Waals surface area contributed by atoms with Gasteiger partial charge in [-0.2, -0.15) is 0 Å². The van der Waals surface area contributed by atoms with Crippen LogP contribution < -0.4 is 10.9 Å². The minimum absolute atomic E-state index is 0.0576. The summed E-state index contributed by atoms with van der Waals surface area (Å²) in [5, 5.41) is 2.49. The molecule has 1 atom stereocenters. The number of carbonyl (C=O) groups is 3. The Hall–Kier alpha value is -2.89. The molecule has 9 nitrogen and oxygen atoms in total. The molecule has 2 aromatic rings. The van der Waals surface area contributed by atoms with Gasteiger partial charge in [0.2, 0.25) is 0 Å². The molecule has 31 heavy (non-hydrogen) atoms. The number of halogens is 1. The van der Waals surface area contributed by atoms with Crippen LogP contribution in [0.5, 0.6) is 0 Å². The normalized spacial score (nSPS) is 11.5. The average molecular weight is 542 g/mol. The van der Waals surface area contributed by atoms with Crippen LogP contribution in [-0.4, -0.2) is 33.3 Å². The first-order valence-corrected chi connectivity index (χ1v) is 10.9. The van der Waals surface area contributed by atoms with Gasteiger partial charge in [0.05, 0.1) is 5.56 Å². The lowest BCUT2D eigenvalue weighted by Gasteiger charge is -2.21. The number of ether oxygens (including phenoxy) is 3. The van der Waals surface area contributed by atoms with Gasteiger partial charge in [-0.05, 0) is 40.1 Å². The summed E-state index contributed by atoms with van der Waals surface area (Å²) in [4.78, 5) is 48.4. The van der Waals surface area contributed by atoms with Crippen molar-refractivity contribution in [2.24, 2.45) is 5.92 Å². The molecule has 0 unspecified atom stereocenters. The van der Waals surface area contributed by atoms with E-state index in [1.807, 2.05) is 52.9 Å². The van der Waals surface area contributed by atoms with Crippen LogP contribution in [0.3, 0.4) is 0 Å². The highest BCUT2D eigenvalue weighted by atomic mass is 127. The number of benzene rings is 1. The van der Waals surface area contributed by atoms with E-state index in [9.17, 15) is 19.2 Å². The molecule has 0 aliphatic heterocycles. The Balaban J connectivity index is 1.96. The number of alkyl halides is 1. The van der Waals surface area contributed by atoms with Gasteiger partial charge in [0.1, 0.15) is 17.3 Å². The molecule has 1 N–H and O–H groups in total. The third kappa shape index (κ3) is 7.70. The van der Waals surface area contributed by atoms with Crippen molar-refractivity contribution in [3.8, 4) is 0 Å². The molecule has 0 aliphatic rings. The molecule has 10 heteroatoms. The third-order valence-electron chi connectivity index (χ3n) is 4.16. The molecule has 0 saturated heterocycles. The maximum Gasteiger partial charge on any atom is 0.408 e. The number of aromatic nitrogens is 1. The first-order chi connectivity index (χ1) is 14.8. The van der Waals surface area contributed by atoms with Crippen LogP contribution in [0.25, 0.3) is 0 Å². The summed E-state index contributed by atoms with van der Waals surface area (Å²) in [6.45, 7) is 3.10. The van der Waals surface area contributed by atoms with Gasteiger partial charge < -0.3 is 19.5 Å². The van der Waals surface area contributed by atoms with E-state index in [-0.39, 0.29) is 22.7 Å². The Morgan fingerprint density at radius 3 is 2.39 bits per heavy atom. The molecule has 1 amide bonds. The van der Waals surface area contributed by atoms with E-state index in [0.29, 0.717) is 0 Å². The Bertz CT molecular complexity index is 960. The van der Waals surface area contributed by atoms with Gasteiger partial charge in [0.15, 0.2) is 6.73 Å². The molecular weight excluding hydrogens is 519 g/mol. The molecule has 0 aliphatic carbocycles. The number of nitrogens with zero attached hydrogens (tertiary/aromatic N) is 1. The lowest BCUT2D eigenvalue weighted by molar-refractivity contribution is -0.151. The molecular formula is C21H23IN2O7. The second kappa shape index (κ2) is 12.1. The molecule has 1 heterocycles. The van der Waals surface area contributed by atoms with Crippen molar-refractivity contribution in [2.75, 3.05) is 4.61 Å². The fourth-order valence-electron chi connectivity index (χ4n) is 2.50. The molecule has 166 valence electrons. The number of alkyl carbamates (subject to hydrolysis) is 1. The summed E-state index contributed by atoms with van der Waals surface area (Å²) in [7, 11) is 0. The van der Waals surface area contributed by atoms with Gasteiger partial charge in [-0.25, -0.2) is 14.4 Å². The van der Waals surface area contributed by atoms with Crippen LogP contribution in [0.15, 0.2) is 53.5 Å². The van der Waals surface area contributed by atoms with E-state index in [4.69, 9.17) is 14.2 Å². The first-order valence-electron chi connectivity index (χ1n) is 9.39. The molecule has 1 aromatic heterocycles. The highest BCUT2D eigenvalue weighted by molar-refractivity contribution is 14.1. The number of amides is 1. The van der Waals surface area contributed by atoms with Crippen LogP contribution in [0.1, 0.15) is 29.8 Å². The van der Waals surface area contributed by atoms with Gasteiger partial charge >= 0.3 is 18.0 Å². The van der Waals surface area contributed by atoms with E-state index < -0.39 is 36.4 Å². The van der Waals surface area contributed by atoms with Crippen molar-refractivity contribution in [1.29, 1.82) is 0 Å². The van der Waals surface area contributed by atoms with Crippen LogP contribution in [0.4, 0.5) is 4.79 Å². The van der Waals surface area contributed by atoms with E-state index in [2.05, 4.69) is 5.32 Å². The highest BCUT2D eigenvalue weighted by Crippen LogP contribution is 2.07. The fraction of sp³-hybridized carbons (Fsp3) is 0.333. The molecule has 2 rings (SSSR count). The topological polar surface area (TPSA) is 113 Å². The van der Waals surface area contributed by atoms with Gasteiger partial charge in [-0.1, -0.05) is 44.2 Å². The molecule has 0 bridgehead atoms. The van der Waals surface area contributed by atoms with Crippen LogP contribution in [-0.2, 0) is 32.3 Å². The van der Waals surface area contributed by atoms with Crippen LogP contribution >= 0.6 is 22.6 Å². The number of hydrogen-bond acceptors (Lipinski definition) is 7. The van der Waals surface area contributed by atoms with Crippen molar-refractivity contribution in [3.05, 3.63) is 70.1 Å². The monoisotopic (exact) mass is 542 g/mol. The van der Waals surface area contributed by atoms with Crippen LogP contribution in [0.2, 0.25) is 0 Å². The number of pyridine rings is 1. The summed E-state index contributed by atoms with van der Waals surface area (Å²) in [6.07, 6.45) is 0.483. The zero-order valence-electron chi connectivity index (χ0n) is 17.1. The summed E-state index contributed by atoms with van der Waals surface area (Å²) < 4.78 is 16.4. The molecule has 0 radical (unpaired) electrons. The van der Waals surface area contributed by atoms with Crippen molar-refractivity contribution in [2.45, 2.75) is 33.2 Å². The largest absolute Gasteiger partial charge is 0.451 e. The van der Waals surface area contributed by atoms with E-state index >= 15 is 0 Å². The first kappa shape index (κ1) is 24.4. The smallest absolute Gasteiger partial charge is 0.408 e.